The van der Waals surface area contributed by atoms with Gasteiger partial charge >= 0.3 is 0 Å². The van der Waals surface area contributed by atoms with Crippen molar-refractivity contribution in [2.45, 2.75) is 26.7 Å². The normalized spacial score (nSPS) is 16.9. The van der Waals surface area contributed by atoms with Crippen LogP contribution in [-0.2, 0) is 0 Å². The number of nitrogens with two attached hydrogens (primary N) is 1. The molecule has 7 nitrogen and oxygen atoms in total. The van der Waals surface area contributed by atoms with E-state index in [4.69, 9.17) is 10.2 Å². The highest BCUT2D eigenvalue weighted by atomic mass is 16.4. The summed E-state index contributed by atoms with van der Waals surface area (Å²) < 4.78 is 5.56. The van der Waals surface area contributed by atoms with E-state index in [0.29, 0.717) is 23.4 Å². The first-order valence-electron chi connectivity index (χ1n) is 6.99. The van der Waals surface area contributed by atoms with Gasteiger partial charge in [0, 0.05) is 20.0 Å². The zero-order valence-corrected chi connectivity index (χ0v) is 11.9. The first-order valence-corrected chi connectivity index (χ1v) is 6.99. The van der Waals surface area contributed by atoms with Crippen molar-refractivity contribution in [2.24, 2.45) is 11.7 Å². The lowest BCUT2D eigenvalue weighted by atomic mass is 9.97. The van der Waals surface area contributed by atoms with Gasteiger partial charge in [0.15, 0.2) is 17.5 Å². The van der Waals surface area contributed by atoms with Crippen LogP contribution in [0.4, 0.5) is 5.95 Å². The Hall–Kier alpha value is -1.89. The van der Waals surface area contributed by atoms with E-state index in [1.54, 1.807) is 0 Å². The molecule has 1 fully saturated rings. The van der Waals surface area contributed by atoms with Gasteiger partial charge in [-0.25, -0.2) is 4.98 Å². The number of H-pyrrole nitrogens is 1. The highest BCUT2D eigenvalue weighted by Crippen LogP contribution is 2.24. The van der Waals surface area contributed by atoms with Crippen LogP contribution >= 0.6 is 0 Å². The van der Waals surface area contributed by atoms with Crippen molar-refractivity contribution in [1.82, 2.24) is 20.2 Å². The standard InChI is InChI=1S/C13H20N6O/c1-8-11(20-9(2)15-8)12-16-13(18-17-12)19-5-3-10(7-14)4-6-19/h10H,3-7,14H2,1-2H3,(H,16,17,18). The maximum absolute atomic E-state index is 5.71. The third-order valence-corrected chi connectivity index (χ3v) is 3.82. The summed E-state index contributed by atoms with van der Waals surface area (Å²) >= 11 is 0. The zero-order chi connectivity index (χ0) is 14.1. The summed E-state index contributed by atoms with van der Waals surface area (Å²) in [5.41, 5.74) is 6.54. The predicted molar refractivity (Wildman–Crippen MR) is 75.3 cm³/mol. The Bertz CT molecular complexity index is 581. The summed E-state index contributed by atoms with van der Waals surface area (Å²) in [6.45, 7) is 6.40. The first-order chi connectivity index (χ1) is 9.67. The number of oxazole rings is 1. The van der Waals surface area contributed by atoms with Gasteiger partial charge in [0.05, 0.1) is 5.69 Å². The van der Waals surface area contributed by atoms with E-state index in [1.807, 2.05) is 13.8 Å². The molecule has 0 unspecified atom stereocenters. The number of aromatic amines is 1. The smallest absolute Gasteiger partial charge is 0.245 e. The molecule has 1 saturated heterocycles. The average molecular weight is 276 g/mol. The molecule has 2 aromatic heterocycles. The van der Waals surface area contributed by atoms with Crippen molar-refractivity contribution < 1.29 is 4.42 Å². The molecular formula is C13H20N6O. The minimum atomic E-state index is 0.629. The average Bonchev–Trinajstić information content (AvgIpc) is 3.05. The molecule has 0 aliphatic carbocycles. The van der Waals surface area contributed by atoms with Crippen molar-refractivity contribution >= 4 is 5.95 Å². The van der Waals surface area contributed by atoms with E-state index in [1.165, 1.54) is 0 Å². The van der Waals surface area contributed by atoms with Gasteiger partial charge in [-0.2, -0.15) is 4.98 Å². The highest BCUT2D eigenvalue weighted by Gasteiger charge is 2.22. The van der Waals surface area contributed by atoms with Gasteiger partial charge in [0.25, 0.3) is 0 Å². The lowest BCUT2D eigenvalue weighted by Crippen LogP contribution is -2.36. The number of aromatic nitrogens is 4. The predicted octanol–water partition coefficient (Wildman–Crippen LogP) is 1.25. The van der Waals surface area contributed by atoms with E-state index in [9.17, 15) is 0 Å². The van der Waals surface area contributed by atoms with Gasteiger partial charge in [-0.15, -0.1) is 5.10 Å². The molecule has 0 radical (unpaired) electrons. The third kappa shape index (κ3) is 2.40. The minimum Gasteiger partial charge on any atom is -0.437 e. The molecule has 0 bridgehead atoms. The summed E-state index contributed by atoms with van der Waals surface area (Å²) in [6, 6.07) is 0. The van der Waals surface area contributed by atoms with Crippen LogP contribution in [0.1, 0.15) is 24.4 Å². The van der Waals surface area contributed by atoms with Crippen molar-refractivity contribution in [3.63, 3.8) is 0 Å². The quantitative estimate of drug-likeness (QED) is 0.875. The molecule has 0 aromatic carbocycles. The van der Waals surface area contributed by atoms with Gasteiger partial charge < -0.3 is 15.1 Å². The van der Waals surface area contributed by atoms with E-state index >= 15 is 0 Å². The molecule has 0 atom stereocenters. The van der Waals surface area contributed by atoms with Crippen LogP contribution < -0.4 is 10.6 Å². The van der Waals surface area contributed by atoms with Crippen molar-refractivity contribution in [3.05, 3.63) is 11.6 Å². The Kier molecular flexibility index (Phi) is 3.43. The van der Waals surface area contributed by atoms with Crippen molar-refractivity contribution in [3.8, 4) is 11.6 Å². The molecule has 2 aromatic rings. The number of rotatable bonds is 3. The summed E-state index contributed by atoms with van der Waals surface area (Å²) in [6.07, 6.45) is 2.20. The maximum atomic E-state index is 5.71. The Morgan fingerprint density at radius 1 is 1.30 bits per heavy atom. The fourth-order valence-corrected chi connectivity index (χ4v) is 2.62. The van der Waals surface area contributed by atoms with Crippen LogP contribution in [0.15, 0.2) is 4.42 Å². The van der Waals surface area contributed by atoms with Gasteiger partial charge in [-0.05, 0) is 32.2 Å². The number of hydrogen-bond acceptors (Lipinski definition) is 6. The number of nitrogens with zero attached hydrogens (tertiary/aromatic N) is 4. The lowest BCUT2D eigenvalue weighted by Gasteiger charge is -2.30. The van der Waals surface area contributed by atoms with Crippen molar-refractivity contribution in [2.75, 3.05) is 24.5 Å². The Balaban J connectivity index is 1.76. The molecule has 1 aliphatic rings. The molecule has 0 saturated carbocycles. The van der Waals surface area contributed by atoms with Crippen molar-refractivity contribution in [1.29, 1.82) is 0 Å². The Morgan fingerprint density at radius 2 is 2.05 bits per heavy atom. The summed E-state index contributed by atoms with van der Waals surface area (Å²) in [5.74, 6) is 3.30. The lowest BCUT2D eigenvalue weighted by molar-refractivity contribution is 0.411. The molecular weight excluding hydrogens is 256 g/mol. The fraction of sp³-hybridized carbons (Fsp3) is 0.615. The molecule has 3 N–H and O–H groups in total. The van der Waals surface area contributed by atoms with Crippen LogP contribution in [0.3, 0.4) is 0 Å². The zero-order valence-electron chi connectivity index (χ0n) is 11.9. The molecule has 20 heavy (non-hydrogen) atoms. The monoisotopic (exact) mass is 276 g/mol. The Morgan fingerprint density at radius 3 is 2.65 bits per heavy atom. The molecule has 3 heterocycles. The second-order valence-corrected chi connectivity index (χ2v) is 5.30. The summed E-state index contributed by atoms with van der Waals surface area (Å²) in [7, 11) is 0. The number of aryl methyl sites for hydroxylation is 2. The topological polar surface area (TPSA) is 96.9 Å². The number of piperidine rings is 1. The van der Waals surface area contributed by atoms with Crippen LogP contribution in [0.25, 0.3) is 11.6 Å². The first kappa shape index (κ1) is 13.1. The van der Waals surface area contributed by atoms with Crippen LogP contribution in [0.5, 0.6) is 0 Å². The van der Waals surface area contributed by atoms with E-state index in [0.717, 1.165) is 44.1 Å². The minimum absolute atomic E-state index is 0.629. The van der Waals surface area contributed by atoms with E-state index in [-0.39, 0.29) is 0 Å². The van der Waals surface area contributed by atoms with E-state index in [2.05, 4.69) is 25.1 Å². The molecule has 7 heteroatoms. The highest BCUT2D eigenvalue weighted by molar-refractivity contribution is 5.52. The number of anilines is 1. The van der Waals surface area contributed by atoms with Gasteiger partial charge in [-0.3, -0.25) is 5.10 Å². The third-order valence-electron chi connectivity index (χ3n) is 3.82. The number of nitrogens with one attached hydrogen (secondary N) is 1. The van der Waals surface area contributed by atoms with Crippen LogP contribution in [0, 0.1) is 19.8 Å². The molecule has 0 spiro atoms. The second-order valence-electron chi connectivity index (χ2n) is 5.30. The Labute approximate surface area is 117 Å². The maximum Gasteiger partial charge on any atom is 0.245 e. The van der Waals surface area contributed by atoms with E-state index < -0.39 is 0 Å². The van der Waals surface area contributed by atoms with Crippen LogP contribution in [-0.4, -0.2) is 39.8 Å². The summed E-state index contributed by atoms with van der Waals surface area (Å²) in [5, 5.41) is 7.23. The molecule has 0 amide bonds. The van der Waals surface area contributed by atoms with Gasteiger partial charge in [0.1, 0.15) is 0 Å². The second kappa shape index (κ2) is 5.24. The molecule has 1 aliphatic heterocycles. The SMILES string of the molecule is Cc1nc(C)c(-c2nc(N3CCC(CN)CC3)n[nH]2)o1. The van der Waals surface area contributed by atoms with Crippen LogP contribution in [0.2, 0.25) is 0 Å². The largest absolute Gasteiger partial charge is 0.437 e. The fourth-order valence-electron chi connectivity index (χ4n) is 2.62. The summed E-state index contributed by atoms with van der Waals surface area (Å²) in [4.78, 5) is 11.0. The number of hydrogen-bond donors (Lipinski definition) is 2. The molecule has 108 valence electrons. The van der Waals surface area contributed by atoms with Gasteiger partial charge in [0.2, 0.25) is 5.95 Å². The van der Waals surface area contributed by atoms with Gasteiger partial charge in [-0.1, -0.05) is 0 Å². The molecule has 3 rings (SSSR count).